The molecule has 6 heteroatoms. The second kappa shape index (κ2) is 4.95. The number of halogens is 1. The first-order chi connectivity index (χ1) is 8.47. The van der Waals surface area contributed by atoms with E-state index in [0.29, 0.717) is 13.1 Å². The van der Waals surface area contributed by atoms with Crippen LogP contribution in [0.2, 0.25) is 0 Å². The van der Waals surface area contributed by atoms with E-state index in [4.69, 9.17) is 5.73 Å². The van der Waals surface area contributed by atoms with Gasteiger partial charge in [0.05, 0.1) is 4.90 Å². The van der Waals surface area contributed by atoms with Crippen molar-refractivity contribution in [3.63, 3.8) is 0 Å². The average molecular weight is 272 g/mol. The molecule has 0 aromatic heterocycles. The van der Waals surface area contributed by atoms with Crippen LogP contribution >= 0.6 is 0 Å². The predicted molar refractivity (Wildman–Crippen MR) is 66.9 cm³/mol. The van der Waals surface area contributed by atoms with Gasteiger partial charge < -0.3 is 5.73 Å². The Kier molecular flexibility index (Phi) is 3.70. The summed E-state index contributed by atoms with van der Waals surface area (Å²) >= 11 is 0. The molecule has 0 amide bonds. The van der Waals surface area contributed by atoms with Crippen molar-refractivity contribution in [2.75, 3.05) is 13.1 Å². The summed E-state index contributed by atoms with van der Waals surface area (Å²) < 4.78 is 39.4. The van der Waals surface area contributed by atoms with Crippen molar-refractivity contribution in [1.82, 2.24) is 4.72 Å². The van der Waals surface area contributed by atoms with Gasteiger partial charge in [-0.1, -0.05) is 6.07 Å². The SMILES string of the molecule is NCCC1(CNS(=O)(=O)c2cccc(F)c2)CC1. The van der Waals surface area contributed by atoms with Crippen molar-refractivity contribution >= 4 is 10.0 Å². The Balaban J connectivity index is 2.04. The molecular formula is C12H17FN2O2S. The van der Waals surface area contributed by atoms with Gasteiger partial charge in [-0.15, -0.1) is 0 Å². The first kappa shape index (κ1) is 13.5. The molecule has 1 aliphatic rings. The summed E-state index contributed by atoms with van der Waals surface area (Å²) in [5.41, 5.74) is 5.52. The zero-order valence-electron chi connectivity index (χ0n) is 10.0. The van der Waals surface area contributed by atoms with E-state index >= 15 is 0 Å². The van der Waals surface area contributed by atoms with Crippen molar-refractivity contribution in [3.8, 4) is 0 Å². The zero-order valence-corrected chi connectivity index (χ0v) is 10.8. The third kappa shape index (κ3) is 3.07. The first-order valence-corrected chi connectivity index (χ1v) is 7.41. The second-order valence-electron chi connectivity index (χ2n) is 4.82. The number of benzene rings is 1. The van der Waals surface area contributed by atoms with Gasteiger partial charge in [0, 0.05) is 6.54 Å². The van der Waals surface area contributed by atoms with Crippen LogP contribution in [0, 0.1) is 11.2 Å². The Morgan fingerprint density at radius 1 is 1.39 bits per heavy atom. The molecule has 0 atom stereocenters. The standard InChI is InChI=1S/C12H17FN2O2S/c13-10-2-1-3-11(8-10)18(16,17)15-9-12(4-5-12)6-7-14/h1-3,8,15H,4-7,9,14H2. The molecule has 100 valence electrons. The molecule has 1 aromatic rings. The third-order valence-corrected chi connectivity index (χ3v) is 4.77. The summed E-state index contributed by atoms with van der Waals surface area (Å²) in [6.07, 6.45) is 2.81. The smallest absolute Gasteiger partial charge is 0.240 e. The van der Waals surface area contributed by atoms with Gasteiger partial charge in [-0.3, -0.25) is 0 Å². The minimum Gasteiger partial charge on any atom is -0.330 e. The minimum absolute atomic E-state index is 0.0230. The van der Waals surface area contributed by atoms with E-state index in [1.807, 2.05) is 0 Å². The molecule has 2 rings (SSSR count). The van der Waals surface area contributed by atoms with Crippen molar-refractivity contribution in [3.05, 3.63) is 30.1 Å². The number of nitrogens with one attached hydrogen (secondary N) is 1. The van der Waals surface area contributed by atoms with E-state index in [1.54, 1.807) is 0 Å². The maximum absolute atomic E-state index is 13.0. The zero-order chi connectivity index (χ0) is 13.2. The maximum atomic E-state index is 13.0. The lowest BCUT2D eigenvalue weighted by molar-refractivity contribution is 0.461. The van der Waals surface area contributed by atoms with E-state index in [2.05, 4.69) is 4.72 Å². The average Bonchev–Trinajstić information content (AvgIpc) is 3.08. The first-order valence-electron chi connectivity index (χ1n) is 5.93. The van der Waals surface area contributed by atoms with E-state index in [9.17, 15) is 12.8 Å². The highest BCUT2D eigenvalue weighted by Crippen LogP contribution is 2.47. The van der Waals surface area contributed by atoms with Gasteiger partial charge >= 0.3 is 0 Å². The van der Waals surface area contributed by atoms with Gasteiger partial charge in [-0.2, -0.15) is 0 Å². The summed E-state index contributed by atoms with van der Waals surface area (Å²) in [5.74, 6) is -0.555. The van der Waals surface area contributed by atoms with E-state index in [0.717, 1.165) is 25.3 Å². The highest BCUT2D eigenvalue weighted by atomic mass is 32.2. The van der Waals surface area contributed by atoms with Crippen molar-refractivity contribution in [2.45, 2.75) is 24.2 Å². The summed E-state index contributed by atoms with van der Waals surface area (Å²) in [6.45, 7) is 0.935. The fraction of sp³-hybridized carbons (Fsp3) is 0.500. The fourth-order valence-corrected chi connectivity index (χ4v) is 3.15. The molecule has 0 saturated heterocycles. The predicted octanol–water partition coefficient (Wildman–Crippen LogP) is 1.23. The molecular weight excluding hydrogens is 255 g/mol. The molecule has 0 aliphatic heterocycles. The molecule has 18 heavy (non-hydrogen) atoms. The molecule has 0 spiro atoms. The monoisotopic (exact) mass is 272 g/mol. The third-order valence-electron chi connectivity index (χ3n) is 3.38. The van der Waals surface area contributed by atoms with Gasteiger partial charge in [-0.05, 0) is 49.4 Å². The molecule has 0 radical (unpaired) electrons. The van der Waals surface area contributed by atoms with Crippen LogP contribution in [0.15, 0.2) is 29.2 Å². The topological polar surface area (TPSA) is 72.2 Å². The van der Waals surface area contributed by atoms with E-state index < -0.39 is 15.8 Å². The normalized spacial score (nSPS) is 17.7. The van der Waals surface area contributed by atoms with Crippen LogP contribution in [0.3, 0.4) is 0 Å². The van der Waals surface area contributed by atoms with E-state index in [1.165, 1.54) is 18.2 Å². The number of rotatable bonds is 6. The molecule has 3 N–H and O–H groups in total. The van der Waals surface area contributed by atoms with Crippen LogP contribution in [0.25, 0.3) is 0 Å². The molecule has 1 aliphatic carbocycles. The maximum Gasteiger partial charge on any atom is 0.240 e. The summed E-state index contributed by atoms with van der Waals surface area (Å²) in [4.78, 5) is -0.0361. The largest absolute Gasteiger partial charge is 0.330 e. The van der Waals surface area contributed by atoms with Crippen molar-refractivity contribution in [2.24, 2.45) is 11.1 Å². The quantitative estimate of drug-likeness (QED) is 0.818. The molecule has 1 aromatic carbocycles. The minimum atomic E-state index is -3.63. The highest BCUT2D eigenvalue weighted by Gasteiger charge is 2.42. The van der Waals surface area contributed by atoms with Crippen molar-refractivity contribution in [1.29, 1.82) is 0 Å². The fourth-order valence-electron chi connectivity index (χ4n) is 1.96. The lowest BCUT2D eigenvalue weighted by Gasteiger charge is -2.15. The van der Waals surface area contributed by atoms with E-state index in [-0.39, 0.29) is 10.3 Å². The van der Waals surface area contributed by atoms with Gasteiger partial charge in [0.25, 0.3) is 0 Å². The molecule has 0 unspecified atom stereocenters. The van der Waals surface area contributed by atoms with Crippen molar-refractivity contribution < 1.29 is 12.8 Å². The van der Waals surface area contributed by atoms with Crippen LogP contribution in [-0.4, -0.2) is 21.5 Å². The molecule has 1 fully saturated rings. The van der Waals surface area contributed by atoms with Gasteiger partial charge in [0.15, 0.2) is 0 Å². The number of nitrogens with two attached hydrogens (primary N) is 1. The van der Waals surface area contributed by atoms with Gasteiger partial charge in [0.2, 0.25) is 10.0 Å². The Morgan fingerprint density at radius 3 is 2.67 bits per heavy atom. The van der Waals surface area contributed by atoms with Crippen LogP contribution < -0.4 is 10.5 Å². The summed E-state index contributed by atoms with van der Waals surface area (Å²) in [5, 5.41) is 0. The Bertz CT molecular complexity index is 527. The lowest BCUT2D eigenvalue weighted by Crippen LogP contribution is -2.31. The Hall–Kier alpha value is -0.980. The summed E-state index contributed by atoms with van der Waals surface area (Å²) in [7, 11) is -3.63. The molecule has 1 saturated carbocycles. The molecule has 4 nitrogen and oxygen atoms in total. The molecule has 0 bridgehead atoms. The Labute approximate surface area is 106 Å². The van der Waals surface area contributed by atoms with Crippen LogP contribution in [0.5, 0.6) is 0 Å². The molecule has 0 heterocycles. The lowest BCUT2D eigenvalue weighted by atomic mass is 10.0. The second-order valence-corrected chi connectivity index (χ2v) is 6.59. The van der Waals surface area contributed by atoms with Gasteiger partial charge in [0.1, 0.15) is 5.82 Å². The number of hydrogen-bond acceptors (Lipinski definition) is 3. The van der Waals surface area contributed by atoms with Gasteiger partial charge in [-0.25, -0.2) is 17.5 Å². The van der Waals surface area contributed by atoms with Crippen LogP contribution in [-0.2, 0) is 10.0 Å². The van der Waals surface area contributed by atoms with Crippen LogP contribution in [0.1, 0.15) is 19.3 Å². The number of hydrogen-bond donors (Lipinski definition) is 2. The Morgan fingerprint density at radius 2 is 2.11 bits per heavy atom. The van der Waals surface area contributed by atoms with Crippen LogP contribution in [0.4, 0.5) is 4.39 Å². The highest BCUT2D eigenvalue weighted by molar-refractivity contribution is 7.89. The summed E-state index contributed by atoms with van der Waals surface area (Å²) in [6, 6.07) is 5.01. The number of sulfonamides is 1.